The number of halogens is 2. The van der Waals surface area contributed by atoms with E-state index in [1.165, 1.54) is 23.9 Å². The van der Waals surface area contributed by atoms with Crippen LogP contribution in [0, 0.1) is 11.6 Å². The molecule has 2 amide bonds. The number of piperidine rings is 1. The Morgan fingerprint density at radius 1 is 1.10 bits per heavy atom. The van der Waals surface area contributed by atoms with Crippen LogP contribution in [-0.2, 0) is 11.3 Å². The molecule has 0 spiro atoms. The molecule has 2 fully saturated rings. The number of primary amides is 1. The SMILES string of the molecule is CC(O)N1CCCC1C(=O)N1CCC(c2ccc(Nc3cc(NCc4cccc(F)c4F)c(C(N)=O)cn3)cc2)CC1. The fourth-order valence-electron chi connectivity index (χ4n) is 5.87. The maximum absolute atomic E-state index is 14.1. The Hall–Kier alpha value is -4.09. The van der Waals surface area contributed by atoms with E-state index in [0.717, 1.165) is 44.0 Å². The van der Waals surface area contributed by atoms with E-state index in [4.69, 9.17) is 5.73 Å². The van der Waals surface area contributed by atoms with Crippen molar-refractivity contribution < 1.29 is 23.5 Å². The maximum Gasteiger partial charge on any atom is 0.252 e. The first-order valence-corrected chi connectivity index (χ1v) is 14.3. The summed E-state index contributed by atoms with van der Waals surface area (Å²) in [6.45, 7) is 3.81. The molecule has 2 aliphatic heterocycles. The fraction of sp³-hybridized carbons (Fsp3) is 0.387. The third-order valence-electron chi connectivity index (χ3n) is 8.19. The standard InChI is InChI=1S/C31H36F2N6O3/c1-19(40)39-13-3-6-27(39)31(42)38-14-11-21(12-15-38)20-7-9-23(10-8-20)37-28-16-26(24(18-36-28)30(34)41)35-17-22-4-2-5-25(32)29(22)33/h2,4-5,7-10,16,18-19,21,27,40H,3,6,11-15,17H2,1H3,(H2,34,41)(H2,35,36,37). The number of benzene rings is 2. The van der Waals surface area contributed by atoms with E-state index in [1.807, 2.05) is 21.9 Å². The van der Waals surface area contributed by atoms with Crippen molar-refractivity contribution in [1.82, 2.24) is 14.8 Å². The zero-order valence-corrected chi connectivity index (χ0v) is 23.5. The lowest BCUT2D eigenvalue weighted by molar-refractivity contribution is -0.140. The van der Waals surface area contributed by atoms with Gasteiger partial charge in [0.05, 0.1) is 17.3 Å². The van der Waals surface area contributed by atoms with E-state index in [-0.39, 0.29) is 29.6 Å². The molecule has 5 N–H and O–H groups in total. The van der Waals surface area contributed by atoms with Crippen molar-refractivity contribution >= 4 is 29.0 Å². The number of nitrogens with zero attached hydrogens (tertiary/aromatic N) is 3. The number of aliphatic hydroxyl groups is 1. The Balaban J connectivity index is 1.19. The van der Waals surface area contributed by atoms with Crippen molar-refractivity contribution in [1.29, 1.82) is 0 Å². The lowest BCUT2D eigenvalue weighted by atomic mass is 9.89. The number of carbonyl (C=O) groups is 2. The van der Waals surface area contributed by atoms with Gasteiger partial charge in [-0.15, -0.1) is 0 Å². The quantitative estimate of drug-likeness (QED) is 0.298. The van der Waals surface area contributed by atoms with Crippen LogP contribution in [0.25, 0.3) is 0 Å². The molecule has 2 atom stereocenters. The topological polar surface area (TPSA) is 124 Å². The minimum absolute atomic E-state index is 0.0497. The van der Waals surface area contributed by atoms with E-state index in [2.05, 4.69) is 27.8 Å². The predicted octanol–water partition coefficient (Wildman–Crippen LogP) is 4.32. The fourth-order valence-corrected chi connectivity index (χ4v) is 5.87. The molecule has 3 heterocycles. The average Bonchev–Trinajstić information content (AvgIpc) is 3.49. The molecule has 2 aromatic carbocycles. The number of aliphatic hydroxyl groups excluding tert-OH is 1. The molecule has 5 rings (SSSR count). The normalized spacial score (nSPS) is 18.6. The molecule has 2 aliphatic rings. The molecule has 0 aliphatic carbocycles. The third kappa shape index (κ3) is 6.52. The number of amides is 2. The molecule has 0 bridgehead atoms. The highest BCUT2D eigenvalue weighted by atomic mass is 19.2. The molecule has 0 radical (unpaired) electrons. The van der Waals surface area contributed by atoms with Gasteiger partial charge < -0.3 is 26.4 Å². The molecule has 11 heteroatoms. The Bertz CT molecular complexity index is 1430. The molecule has 3 aromatic rings. The minimum atomic E-state index is -0.952. The molecule has 42 heavy (non-hydrogen) atoms. The Morgan fingerprint density at radius 3 is 2.52 bits per heavy atom. The van der Waals surface area contributed by atoms with Crippen LogP contribution in [0.3, 0.4) is 0 Å². The summed E-state index contributed by atoms with van der Waals surface area (Å²) in [6.07, 6.45) is 4.19. The number of carbonyl (C=O) groups excluding carboxylic acids is 2. The van der Waals surface area contributed by atoms with E-state index < -0.39 is 23.8 Å². The summed E-state index contributed by atoms with van der Waals surface area (Å²) in [5.41, 5.74) is 8.06. The molecule has 0 saturated carbocycles. The van der Waals surface area contributed by atoms with Gasteiger partial charge in [0.25, 0.3) is 5.91 Å². The minimum Gasteiger partial charge on any atom is -0.380 e. The number of likely N-dealkylation sites (tertiary alicyclic amines) is 2. The number of pyridine rings is 1. The van der Waals surface area contributed by atoms with Crippen molar-refractivity contribution in [2.45, 2.75) is 57.3 Å². The van der Waals surface area contributed by atoms with Gasteiger partial charge in [0.1, 0.15) is 12.0 Å². The first-order chi connectivity index (χ1) is 20.2. The molecule has 222 valence electrons. The first kappa shape index (κ1) is 29.4. The second-order valence-corrected chi connectivity index (χ2v) is 10.9. The largest absolute Gasteiger partial charge is 0.380 e. The van der Waals surface area contributed by atoms with Crippen LogP contribution >= 0.6 is 0 Å². The smallest absolute Gasteiger partial charge is 0.252 e. The molecular weight excluding hydrogens is 542 g/mol. The Kier molecular flexibility index (Phi) is 8.98. The van der Waals surface area contributed by atoms with E-state index in [9.17, 15) is 23.5 Å². The summed E-state index contributed by atoms with van der Waals surface area (Å²) >= 11 is 0. The van der Waals surface area contributed by atoms with Crippen LogP contribution in [0.1, 0.15) is 60.0 Å². The average molecular weight is 579 g/mol. The summed E-state index contributed by atoms with van der Waals surface area (Å²) in [7, 11) is 0. The number of aromatic nitrogens is 1. The maximum atomic E-state index is 14.1. The molecular formula is C31H36F2N6O3. The molecule has 2 unspecified atom stereocenters. The lowest BCUT2D eigenvalue weighted by Crippen LogP contribution is -2.50. The molecule has 9 nitrogen and oxygen atoms in total. The first-order valence-electron chi connectivity index (χ1n) is 14.3. The van der Waals surface area contributed by atoms with Gasteiger partial charge >= 0.3 is 0 Å². The number of hydrogen-bond acceptors (Lipinski definition) is 7. The number of nitrogens with one attached hydrogen (secondary N) is 2. The van der Waals surface area contributed by atoms with Crippen LogP contribution in [0.15, 0.2) is 54.7 Å². The highest BCUT2D eigenvalue weighted by molar-refractivity contribution is 5.98. The highest BCUT2D eigenvalue weighted by Gasteiger charge is 2.36. The number of nitrogens with two attached hydrogens (primary N) is 1. The van der Waals surface area contributed by atoms with Crippen molar-refractivity contribution in [3.63, 3.8) is 0 Å². The Morgan fingerprint density at radius 2 is 1.83 bits per heavy atom. The van der Waals surface area contributed by atoms with Crippen LogP contribution in [-0.4, -0.2) is 63.6 Å². The monoisotopic (exact) mass is 578 g/mol. The summed E-state index contributed by atoms with van der Waals surface area (Å²) in [5.74, 6) is -1.69. The number of anilines is 3. The van der Waals surface area contributed by atoms with Crippen LogP contribution in [0.5, 0.6) is 0 Å². The van der Waals surface area contributed by atoms with Gasteiger partial charge in [0.2, 0.25) is 5.91 Å². The van der Waals surface area contributed by atoms with E-state index in [1.54, 1.807) is 13.0 Å². The van der Waals surface area contributed by atoms with Crippen LogP contribution in [0.2, 0.25) is 0 Å². The van der Waals surface area contributed by atoms with Gasteiger partial charge in [0, 0.05) is 49.7 Å². The van der Waals surface area contributed by atoms with Crippen molar-refractivity contribution in [2.75, 3.05) is 30.3 Å². The van der Waals surface area contributed by atoms with Gasteiger partial charge in [0.15, 0.2) is 11.6 Å². The van der Waals surface area contributed by atoms with Gasteiger partial charge in [-0.3, -0.25) is 14.5 Å². The molecule has 2 saturated heterocycles. The van der Waals surface area contributed by atoms with Crippen molar-refractivity contribution in [3.8, 4) is 0 Å². The van der Waals surface area contributed by atoms with Gasteiger partial charge in [-0.2, -0.15) is 0 Å². The zero-order chi connectivity index (χ0) is 29.8. The second-order valence-electron chi connectivity index (χ2n) is 10.9. The van der Waals surface area contributed by atoms with E-state index in [0.29, 0.717) is 30.5 Å². The summed E-state index contributed by atoms with van der Waals surface area (Å²) in [6, 6.07) is 13.3. The number of rotatable bonds is 9. The zero-order valence-electron chi connectivity index (χ0n) is 23.5. The van der Waals surface area contributed by atoms with Gasteiger partial charge in [-0.1, -0.05) is 24.3 Å². The summed E-state index contributed by atoms with van der Waals surface area (Å²) < 4.78 is 27.7. The highest BCUT2D eigenvalue weighted by Crippen LogP contribution is 2.31. The predicted molar refractivity (Wildman–Crippen MR) is 156 cm³/mol. The van der Waals surface area contributed by atoms with Gasteiger partial charge in [-0.25, -0.2) is 13.8 Å². The van der Waals surface area contributed by atoms with E-state index >= 15 is 0 Å². The third-order valence-corrected chi connectivity index (χ3v) is 8.19. The van der Waals surface area contributed by atoms with Crippen molar-refractivity contribution in [2.24, 2.45) is 5.73 Å². The lowest BCUT2D eigenvalue weighted by Gasteiger charge is -2.36. The number of hydrogen-bond donors (Lipinski definition) is 4. The summed E-state index contributed by atoms with van der Waals surface area (Å²) in [5, 5.41) is 16.2. The van der Waals surface area contributed by atoms with Crippen LogP contribution in [0.4, 0.5) is 26.0 Å². The van der Waals surface area contributed by atoms with Crippen LogP contribution < -0.4 is 16.4 Å². The molecule has 1 aromatic heterocycles. The van der Waals surface area contributed by atoms with Gasteiger partial charge in [-0.05, 0) is 62.3 Å². The van der Waals surface area contributed by atoms with Crippen molar-refractivity contribution in [3.05, 3.63) is 83.1 Å². The Labute approximate surface area is 243 Å². The second kappa shape index (κ2) is 12.8. The summed E-state index contributed by atoms with van der Waals surface area (Å²) in [4.78, 5) is 33.1.